The Morgan fingerprint density at radius 1 is 1.40 bits per heavy atom. The Bertz CT molecular complexity index is 496. The number of halogens is 1. The maximum atomic E-state index is 12.3. The lowest BCUT2D eigenvalue weighted by atomic mass is 9.96. The molecule has 1 saturated carbocycles. The number of nitrogens with one attached hydrogen (secondary N) is 1. The number of carbonyl (C=O) groups excluding carboxylic acids is 1. The van der Waals surface area contributed by atoms with Gasteiger partial charge in [-0.25, -0.2) is 0 Å². The van der Waals surface area contributed by atoms with Crippen LogP contribution in [0.4, 0.5) is 5.69 Å². The lowest BCUT2D eigenvalue weighted by molar-refractivity contribution is 0.0900. The molecule has 0 radical (unpaired) electrons. The van der Waals surface area contributed by atoms with Gasteiger partial charge in [0, 0.05) is 12.1 Å². The van der Waals surface area contributed by atoms with E-state index >= 15 is 0 Å². The molecule has 1 aromatic rings. The summed E-state index contributed by atoms with van der Waals surface area (Å²) in [7, 11) is 4.15. The molecular formula is C15H22ClN3O. The molecule has 1 aromatic carbocycles. The van der Waals surface area contributed by atoms with Gasteiger partial charge in [0.1, 0.15) is 0 Å². The fraction of sp³-hybridized carbons (Fsp3) is 0.533. The van der Waals surface area contributed by atoms with Crippen LogP contribution in [0, 0.1) is 0 Å². The van der Waals surface area contributed by atoms with E-state index in [2.05, 4.69) is 24.3 Å². The molecule has 1 aliphatic carbocycles. The lowest BCUT2D eigenvalue weighted by Gasteiger charge is -2.36. The average Bonchev–Trinajstić information content (AvgIpc) is 2.89. The Kier molecular flexibility index (Phi) is 4.55. The number of nitrogens with zero attached hydrogens (tertiary/aromatic N) is 1. The molecule has 0 aromatic heterocycles. The molecular weight excluding hydrogens is 274 g/mol. The molecule has 1 aliphatic rings. The maximum absolute atomic E-state index is 12.3. The zero-order chi connectivity index (χ0) is 14.8. The highest BCUT2D eigenvalue weighted by atomic mass is 35.5. The van der Waals surface area contributed by atoms with Crippen LogP contribution in [0.3, 0.4) is 0 Å². The molecule has 1 fully saturated rings. The predicted octanol–water partition coefficient (Wildman–Crippen LogP) is 2.53. The van der Waals surface area contributed by atoms with E-state index in [4.69, 9.17) is 17.3 Å². The second-order valence-corrected chi connectivity index (χ2v) is 6.10. The number of anilines is 1. The Morgan fingerprint density at radius 2 is 2.05 bits per heavy atom. The quantitative estimate of drug-likeness (QED) is 0.839. The summed E-state index contributed by atoms with van der Waals surface area (Å²) in [6.45, 7) is 0.643. The number of benzene rings is 1. The van der Waals surface area contributed by atoms with Crippen LogP contribution < -0.4 is 11.1 Å². The third-order valence-electron chi connectivity index (χ3n) is 4.33. The molecule has 3 N–H and O–H groups in total. The number of rotatable bonds is 4. The summed E-state index contributed by atoms with van der Waals surface area (Å²) < 4.78 is 0. The van der Waals surface area contributed by atoms with Crippen molar-refractivity contribution in [2.75, 3.05) is 26.4 Å². The van der Waals surface area contributed by atoms with Gasteiger partial charge in [-0.2, -0.15) is 0 Å². The Morgan fingerprint density at radius 3 is 2.65 bits per heavy atom. The van der Waals surface area contributed by atoms with Crippen molar-refractivity contribution in [1.29, 1.82) is 0 Å². The van der Waals surface area contributed by atoms with Crippen molar-refractivity contribution in [1.82, 2.24) is 10.2 Å². The minimum atomic E-state index is -0.157. The minimum absolute atomic E-state index is 0.0719. The molecule has 2 rings (SSSR count). The van der Waals surface area contributed by atoms with Crippen LogP contribution in [0.1, 0.15) is 36.0 Å². The van der Waals surface area contributed by atoms with Gasteiger partial charge in [-0.1, -0.05) is 30.5 Å². The molecule has 0 spiro atoms. The lowest BCUT2D eigenvalue weighted by Crippen LogP contribution is -2.50. The minimum Gasteiger partial charge on any atom is -0.398 e. The molecule has 0 aliphatic heterocycles. The van der Waals surface area contributed by atoms with Gasteiger partial charge in [-0.15, -0.1) is 0 Å². The van der Waals surface area contributed by atoms with E-state index in [0.717, 1.165) is 12.8 Å². The first-order chi connectivity index (χ1) is 9.46. The number of hydrogen-bond donors (Lipinski definition) is 2. The van der Waals surface area contributed by atoms with Crippen molar-refractivity contribution in [2.45, 2.75) is 31.2 Å². The Hall–Kier alpha value is -1.26. The number of nitrogens with two attached hydrogens (primary N) is 1. The number of likely N-dealkylation sites (N-methyl/N-ethyl adjacent to an activating group) is 1. The molecule has 0 saturated heterocycles. The van der Waals surface area contributed by atoms with Crippen LogP contribution in [-0.2, 0) is 0 Å². The highest BCUT2D eigenvalue weighted by molar-refractivity contribution is 6.36. The Balaban J connectivity index is 2.07. The van der Waals surface area contributed by atoms with E-state index in [0.29, 0.717) is 22.8 Å². The van der Waals surface area contributed by atoms with Crippen LogP contribution in [0.15, 0.2) is 18.2 Å². The van der Waals surface area contributed by atoms with Gasteiger partial charge in [0.05, 0.1) is 16.3 Å². The zero-order valence-corrected chi connectivity index (χ0v) is 12.8. The normalized spacial score (nSPS) is 17.4. The predicted molar refractivity (Wildman–Crippen MR) is 83.1 cm³/mol. The summed E-state index contributed by atoms with van der Waals surface area (Å²) in [6, 6.07) is 5.13. The molecule has 0 unspecified atom stereocenters. The smallest absolute Gasteiger partial charge is 0.252 e. The van der Waals surface area contributed by atoms with Crippen molar-refractivity contribution < 1.29 is 4.79 Å². The molecule has 1 amide bonds. The summed E-state index contributed by atoms with van der Waals surface area (Å²) >= 11 is 6.08. The van der Waals surface area contributed by atoms with E-state index in [1.807, 2.05) is 0 Å². The molecule has 4 nitrogen and oxygen atoms in total. The number of carbonyl (C=O) groups is 1. The average molecular weight is 296 g/mol. The second-order valence-electron chi connectivity index (χ2n) is 5.72. The van der Waals surface area contributed by atoms with Crippen molar-refractivity contribution in [3.05, 3.63) is 28.8 Å². The molecule has 110 valence electrons. The topological polar surface area (TPSA) is 58.4 Å². The van der Waals surface area contributed by atoms with E-state index in [1.165, 1.54) is 12.8 Å². The molecule has 20 heavy (non-hydrogen) atoms. The van der Waals surface area contributed by atoms with Crippen LogP contribution in [0.5, 0.6) is 0 Å². The van der Waals surface area contributed by atoms with Crippen molar-refractivity contribution in [3.63, 3.8) is 0 Å². The summed E-state index contributed by atoms with van der Waals surface area (Å²) in [4.78, 5) is 14.5. The van der Waals surface area contributed by atoms with Gasteiger partial charge in [-0.05, 0) is 39.1 Å². The number of amides is 1. The monoisotopic (exact) mass is 295 g/mol. The summed E-state index contributed by atoms with van der Waals surface area (Å²) in [5, 5.41) is 3.34. The van der Waals surface area contributed by atoms with Gasteiger partial charge in [-0.3, -0.25) is 4.79 Å². The molecule has 5 heteroatoms. The first kappa shape index (κ1) is 15.1. The Labute approximate surface area is 125 Å². The first-order valence-electron chi connectivity index (χ1n) is 6.96. The van der Waals surface area contributed by atoms with Crippen LogP contribution in [0.25, 0.3) is 0 Å². The molecule has 0 bridgehead atoms. The highest BCUT2D eigenvalue weighted by Gasteiger charge is 2.36. The fourth-order valence-corrected chi connectivity index (χ4v) is 3.09. The standard InChI is InChI=1S/C15H22ClN3O/c1-19(2)15(8-3-4-9-15)10-18-14(20)11-6-5-7-12(17)13(11)16/h5-7H,3-4,8-10,17H2,1-2H3,(H,18,20). The fourth-order valence-electron chi connectivity index (χ4n) is 2.88. The SMILES string of the molecule is CN(C)C1(CNC(=O)c2cccc(N)c2Cl)CCCC1. The van der Waals surface area contributed by atoms with E-state index < -0.39 is 0 Å². The molecule has 0 heterocycles. The third-order valence-corrected chi connectivity index (χ3v) is 4.76. The van der Waals surface area contributed by atoms with Crippen molar-refractivity contribution >= 4 is 23.2 Å². The van der Waals surface area contributed by atoms with Crippen LogP contribution >= 0.6 is 11.6 Å². The van der Waals surface area contributed by atoms with Gasteiger partial charge in [0.25, 0.3) is 5.91 Å². The van der Waals surface area contributed by atoms with Gasteiger partial charge < -0.3 is 16.0 Å². The van der Waals surface area contributed by atoms with Crippen LogP contribution in [-0.4, -0.2) is 37.0 Å². The second kappa shape index (κ2) is 6.02. The highest BCUT2D eigenvalue weighted by Crippen LogP contribution is 2.33. The van der Waals surface area contributed by atoms with E-state index in [9.17, 15) is 4.79 Å². The zero-order valence-electron chi connectivity index (χ0n) is 12.1. The maximum Gasteiger partial charge on any atom is 0.252 e. The van der Waals surface area contributed by atoms with Crippen molar-refractivity contribution in [2.24, 2.45) is 0 Å². The largest absolute Gasteiger partial charge is 0.398 e. The van der Waals surface area contributed by atoms with E-state index in [-0.39, 0.29) is 11.4 Å². The van der Waals surface area contributed by atoms with Gasteiger partial charge >= 0.3 is 0 Å². The summed E-state index contributed by atoms with van der Waals surface area (Å²) in [6.07, 6.45) is 4.66. The van der Waals surface area contributed by atoms with Gasteiger partial charge in [0.2, 0.25) is 0 Å². The number of nitrogen functional groups attached to an aromatic ring is 1. The van der Waals surface area contributed by atoms with Crippen molar-refractivity contribution in [3.8, 4) is 0 Å². The number of hydrogen-bond acceptors (Lipinski definition) is 3. The van der Waals surface area contributed by atoms with Crippen LogP contribution in [0.2, 0.25) is 5.02 Å². The van der Waals surface area contributed by atoms with Gasteiger partial charge in [0.15, 0.2) is 0 Å². The molecule has 0 atom stereocenters. The first-order valence-corrected chi connectivity index (χ1v) is 7.34. The third kappa shape index (κ3) is 2.91. The summed E-state index contributed by atoms with van der Waals surface area (Å²) in [5.74, 6) is -0.157. The van der Waals surface area contributed by atoms with E-state index in [1.54, 1.807) is 18.2 Å². The summed E-state index contributed by atoms with van der Waals surface area (Å²) in [5.41, 5.74) is 6.68.